The molecular formula is C47H91NO5. The van der Waals surface area contributed by atoms with Crippen LogP contribution in [0.15, 0.2) is 12.2 Å². The molecule has 1 amide bonds. The van der Waals surface area contributed by atoms with Crippen LogP contribution in [0.1, 0.15) is 251 Å². The van der Waals surface area contributed by atoms with Crippen LogP contribution in [-0.4, -0.2) is 47.4 Å². The number of carbonyl (C=O) groups excluding carboxylic acids is 2. The maximum atomic E-state index is 12.4. The molecule has 0 radical (unpaired) electrons. The quantitative estimate of drug-likeness (QED) is 0.0328. The lowest BCUT2D eigenvalue weighted by atomic mass is 10.0. The first-order valence-electron chi connectivity index (χ1n) is 23.5. The zero-order chi connectivity index (χ0) is 38.7. The van der Waals surface area contributed by atoms with E-state index in [0.717, 1.165) is 57.8 Å². The number of aliphatic hydroxyl groups is 2. The Morgan fingerprint density at radius 2 is 0.868 bits per heavy atom. The molecule has 0 aliphatic carbocycles. The van der Waals surface area contributed by atoms with Crippen LogP contribution >= 0.6 is 0 Å². The Labute approximate surface area is 329 Å². The Hall–Kier alpha value is -1.40. The van der Waals surface area contributed by atoms with Gasteiger partial charge in [0, 0.05) is 12.8 Å². The predicted molar refractivity (Wildman–Crippen MR) is 227 cm³/mol. The van der Waals surface area contributed by atoms with E-state index in [1.165, 1.54) is 167 Å². The Balaban J connectivity index is 3.45. The summed E-state index contributed by atoms with van der Waals surface area (Å²) in [5.74, 6) is -0.0837. The van der Waals surface area contributed by atoms with Crippen molar-refractivity contribution in [2.75, 3.05) is 13.2 Å². The monoisotopic (exact) mass is 750 g/mol. The van der Waals surface area contributed by atoms with Gasteiger partial charge in [0.25, 0.3) is 0 Å². The molecule has 0 heterocycles. The minimum atomic E-state index is -0.848. The largest absolute Gasteiger partial charge is 0.466 e. The summed E-state index contributed by atoms with van der Waals surface area (Å²) in [7, 11) is 0. The molecule has 0 aromatic carbocycles. The lowest BCUT2D eigenvalue weighted by Crippen LogP contribution is -2.45. The average molecular weight is 750 g/mol. The number of ether oxygens (including phenoxy) is 1. The molecule has 0 fully saturated rings. The van der Waals surface area contributed by atoms with Crippen molar-refractivity contribution < 1.29 is 24.5 Å². The number of nitrogens with one attached hydrogen (secondary N) is 1. The highest BCUT2D eigenvalue weighted by Crippen LogP contribution is 2.15. The van der Waals surface area contributed by atoms with Gasteiger partial charge in [0.1, 0.15) is 0 Å². The van der Waals surface area contributed by atoms with E-state index in [-0.39, 0.29) is 18.5 Å². The first-order chi connectivity index (χ1) is 26.0. The molecular weight excluding hydrogens is 659 g/mol. The van der Waals surface area contributed by atoms with E-state index in [1.54, 1.807) is 6.08 Å². The second-order valence-corrected chi connectivity index (χ2v) is 16.1. The van der Waals surface area contributed by atoms with E-state index in [4.69, 9.17) is 4.74 Å². The topological polar surface area (TPSA) is 95.9 Å². The van der Waals surface area contributed by atoms with Gasteiger partial charge < -0.3 is 20.3 Å². The Kier molecular flexibility index (Phi) is 42.2. The van der Waals surface area contributed by atoms with Gasteiger partial charge in [0.2, 0.25) is 5.91 Å². The SMILES string of the molecule is CCCCCCCCCC/C=C/C(O)C(CO)NC(=O)CCCCCCCCCCCCCCCCOC(=O)CCCCCCCCCCCCCC. The van der Waals surface area contributed by atoms with E-state index in [9.17, 15) is 19.8 Å². The van der Waals surface area contributed by atoms with Crippen LogP contribution in [0.5, 0.6) is 0 Å². The second-order valence-electron chi connectivity index (χ2n) is 16.1. The zero-order valence-corrected chi connectivity index (χ0v) is 35.5. The number of aliphatic hydroxyl groups excluding tert-OH is 2. The molecule has 0 bridgehead atoms. The molecule has 0 spiro atoms. The summed E-state index contributed by atoms with van der Waals surface area (Å²) in [6, 6.07) is -0.632. The van der Waals surface area contributed by atoms with E-state index in [2.05, 4.69) is 19.2 Å². The Morgan fingerprint density at radius 1 is 0.509 bits per heavy atom. The molecule has 0 rings (SSSR count). The maximum absolute atomic E-state index is 12.4. The smallest absolute Gasteiger partial charge is 0.305 e. The third kappa shape index (κ3) is 40.1. The van der Waals surface area contributed by atoms with Crippen LogP contribution in [0.4, 0.5) is 0 Å². The number of hydrogen-bond acceptors (Lipinski definition) is 5. The third-order valence-corrected chi connectivity index (χ3v) is 10.8. The summed E-state index contributed by atoms with van der Waals surface area (Å²) in [4.78, 5) is 24.3. The lowest BCUT2D eigenvalue weighted by Gasteiger charge is -2.20. The van der Waals surface area contributed by atoms with Crippen LogP contribution in [0, 0.1) is 0 Å². The zero-order valence-electron chi connectivity index (χ0n) is 35.5. The summed E-state index contributed by atoms with van der Waals surface area (Å²) in [5, 5.41) is 22.9. The van der Waals surface area contributed by atoms with Crippen molar-refractivity contribution in [3.05, 3.63) is 12.2 Å². The maximum Gasteiger partial charge on any atom is 0.305 e. The van der Waals surface area contributed by atoms with Crippen molar-refractivity contribution in [1.82, 2.24) is 5.32 Å². The minimum absolute atomic E-state index is 0.00335. The summed E-state index contributed by atoms with van der Waals surface area (Å²) >= 11 is 0. The standard InChI is InChI=1S/C47H91NO5/c1-3-5-7-9-11-13-15-21-25-29-33-37-41-47(52)53-42-38-34-30-26-22-19-17-16-18-20-24-28-32-36-40-46(51)48-44(43-49)45(50)39-35-31-27-23-14-12-10-8-6-4-2/h35,39,44-45,49-50H,3-34,36-38,40-43H2,1-2H3,(H,48,51)/b39-35+. The highest BCUT2D eigenvalue weighted by Gasteiger charge is 2.18. The first kappa shape index (κ1) is 51.6. The molecule has 0 saturated heterocycles. The van der Waals surface area contributed by atoms with Gasteiger partial charge in [0.05, 0.1) is 25.4 Å². The molecule has 6 nitrogen and oxygen atoms in total. The lowest BCUT2D eigenvalue weighted by molar-refractivity contribution is -0.143. The van der Waals surface area contributed by atoms with Gasteiger partial charge in [-0.3, -0.25) is 9.59 Å². The van der Waals surface area contributed by atoms with Gasteiger partial charge in [-0.1, -0.05) is 219 Å². The van der Waals surface area contributed by atoms with Crippen LogP contribution in [0.2, 0.25) is 0 Å². The highest BCUT2D eigenvalue weighted by atomic mass is 16.5. The number of rotatable bonds is 43. The van der Waals surface area contributed by atoms with Crippen molar-refractivity contribution in [2.24, 2.45) is 0 Å². The third-order valence-electron chi connectivity index (χ3n) is 10.8. The van der Waals surface area contributed by atoms with Crippen molar-refractivity contribution in [1.29, 1.82) is 0 Å². The fourth-order valence-electron chi connectivity index (χ4n) is 7.16. The van der Waals surface area contributed by atoms with Crippen LogP contribution < -0.4 is 5.32 Å². The Bertz CT molecular complexity index is 787. The Morgan fingerprint density at radius 3 is 1.28 bits per heavy atom. The predicted octanol–water partition coefficient (Wildman–Crippen LogP) is 13.4. The average Bonchev–Trinajstić information content (AvgIpc) is 3.16. The van der Waals surface area contributed by atoms with Gasteiger partial charge in [-0.25, -0.2) is 0 Å². The van der Waals surface area contributed by atoms with Crippen molar-refractivity contribution in [3.8, 4) is 0 Å². The number of amides is 1. The summed E-state index contributed by atoms with van der Waals surface area (Å²) in [6.07, 6.45) is 47.7. The molecule has 0 saturated carbocycles. The summed E-state index contributed by atoms with van der Waals surface area (Å²) in [5.41, 5.74) is 0. The fourth-order valence-corrected chi connectivity index (χ4v) is 7.16. The molecule has 0 aromatic rings. The van der Waals surface area contributed by atoms with Gasteiger partial charge in [-0.15, -0.1) is 0 Å². The molecule has 6 heteroatoms. The molecule has 2 unspecified atom stereocenters. The summed E-state index contributed by atoms with van der Waals surface area (Å²) in [6.45, 7) is 4.85. The molecule has 3 N–H and O–H groups in total. The van der Waals surface area contributed by atoms with Gasteiger partial charge in [-0.2, -0.15) is 0 Å². The van der Waals surface area contributed by atoms with E-state index < -0.39 is 12.1 Å². The second kappa shape index (κ2) is 43.3. The van der Waals surface area contributed by atoms with Crippen LogP contribution in [-0.2, 0) is 14.3 Å². The van der Waals surface area contributed by atoms with Crippen LogP contribution in [0.25, 0.3) is 0 Å². The molecule has 0 aliphatic rings. The van der Waals surface area contributed by atoms with E-state index >= 15 is 0 Å². The molecule has 0 aliphatic heterocycles. The number of allylic oxidation sites excluding steroid dienone is 1. The van der Waals surface area contributed by atoms with Gasteiger partial charge in [-0.05, 0) is 32.1 Å². The van der Waals surface area contributed by atoms with Crippen LogP contribution in [0.3, 0.4) is 0 Å². The van der Waals surface area contributed by atoms with E-state index in [1.807, 2.05) is 6.08 Å². The van der Waals surface area contributed by atoms with Crippen molar-refractivity contribution in [3.63, 3.8) is 0 Å². The normalized spacial score (nSPS) is 12.8. The number of unbranched alkanes of at least 4 members (excludes halogenated alkanes) is 32. The number of esters is 1. The molecule has 53 heavy (non-hydrogen) atoms. The van der Waals surface area contributed by atoms with Crippen molar-refractivity contribution in [2.45, 2.75) is 264 Å². The fraction of sp³-hybridized carbons (Fsp3) is 0.915. The van der Waals surface area contributed by atoms with E-state index in [0.29, 0.717) is 19.4 Å². The highest BCUT2D eigenvalue weighted by molar-refractivity contribution is 5.76. The molecule has 2 atom stereocenters. The number of carbonyl (C=O) groups is 2. The first-order valence-corrected chi connectivity index (χ1v) is 23.5. The number of hydrogen-bond donors (Lipinski definition) is 3. The van der Waals surface area contributed by atoms with Gasteiger partial charge in [0.15, 0.2) is 0 Å². The molecule has 0 aromatic heterocycles. The minimum Gasteiger partial charge on any atom is -0.466 e. The van der Waals surface area contributed by atoms with Gasteiger partial charge >= 0.3 is 5.97 Å². The molecule has 314 valence electrons. The van der Waals surface area contributed by atoms with Crippen molar-refractivity contribution >= 4 is 11.9 Å². The summed E-state index contributed by atoms with van der Waals surface area (Å²) < 4.78 is 5.45.